The van der Waals surface area contributed by atoms with Crippen LogP contribution in [0, 0.1) is 5.92 Å². The molecule has 0 aromatic heterocycles. The van der Waals surface area contributed by atoms with E-state index < -0.39 is 9.84 Å². The van der Waals surface area contributed by atoms with Gasteiger partial charge in [-0.05, 0) is 18.8 Å². The molecular formula is C9H19NO3S. The summed E-state index contributed by atoms with van der Waals surface area (Å²) in [5.41, 5.74) is 0. The number of nitrogens with one attached hydrogen (secondary N) is 1. The van der Waals surface area contributed by atoms with Gasteiger partial charge >= 0.3 is 0 Å². The minimum Gasteiger partial charge on any atom is -0.396 e. The molecule has 0 aromatic rings. The fraction of sp³-hybridized carbons (Fsp3) is 1.00. The molecule has 0 radical (unpaired) electrons. The van der Waals surface area contributed by atoms with Crippen LogP contribution in [0.4, 0.5) is 0 Å². The summed E-state index contributed by atoms with van der Waals surface area (Å²) in [5, 5.41) is 12.2. The molecule has 0 amide bonds. The first-order chi connectivity index (χ1) is 6.53. The van der Waals surface area contributed by atoms with Crippen LogP contribution in [0.15, 0.2) is 0 Å². The number of rotatable bonds is 5. The van der Waals surface area contributed by atoms with E-state index in [4.69, 9.17) is 5.11 Å². The van der Waals surface area contributed by atoms with Crippen molar-refractivity contribution in [3.63, 3.8) is 0 Å². The molecule has 1 saturated carbocycles. The molecule has 1 fully saturated rings. The molecule has 0 saturated heterocycles. The van der Waals surface area contributed by atoms with E-state index in [0.717, 1.165) is 19.3 Å². The highest BCUT2D eigenvalue weighted by Gasteiger charge is 2.25. The Kier molecular flexibility index (Phi) is 4.34. The molecule has 2 atom stereocenters. The first kappa shape index (κ1) is 11.9. The Morgan fingerprint density at radius 2 is 2.14 bits per heavy atom. The van der Waals surface area contributed by atoms with Gasteiger partial charge in [0.15, 0.2) is 0 Å². The summed E-state index contributed by atoms with van der Waals surface area (Å²) in [4.78, 5) is 0. The second kappa shape index (κ2) is 5.09. The average Bonchev–Trinajstić information content (AvgIpc) is 2.49. The zero-order valence-corrected chi connectivity index (χ0v) is 9.39. The van der Waals surface area contributed by atoms with Crippen LogP contribution in [-0.4, -0.2) is 44.7 Å². The molecule has 2 unspecified atom stereocenters. The molecular weight excluding hydrogens is 202 g/mol. The molecule has 0 spiro atoms. The number of hydrogen-bond acceptors (Lipinski definition) is 4. The van der Waals surface area contributed by atoms with Gasteiger partial charge in [-0.2, -0.15) is 0 Å². The van der Waals surface area contributed by atoms with Crippen LogP contribution >= 0.6 is 0 Å². The van der Waals surface area contributed by atoms with Crippen molar-refractivity contribution in [1.82, 2.24) is 5.32 Å². The fourth-order valence-corrected chi connectivity index (χ4v) is 2.44. The third kappa shape index (κ3) is 3.94. The van der Waals surface area contributed by atoms with E-state index in [1.165, 1.54) is 6.26 Å². The van der Waals surface area contributed by atoms with E-state index in [2.05, 4.69) is 5.32 Å². The van der Waals surface area contributed by atoms with Crippen molar-refractivity contribution in [3.05, 3.63) is 0 Å². The normalized spacial score (nSPS) is 28.1. The van der Waals surface area contributed by atoms with Gasteiger partial charge in [0.2, 0.25) is 0 Å². The van der Waals surface area contributed by atoms with E-state index >= 15 is 0 Å². The Hall–Kier alpha value is -0.130. The molecule has 2 N–H and O–H groups in total. The predicted molar refractivity (Wildman–Crippen MR) is 55.9 cm³/mol. The number of sulfone groups is 1. The fourth-order valence-electron chi connectivity index (χ4n) is 1.95. The van der Waals surface area contributed by atoms with E-state index in [1.807, 2.05) is 0 Å². The van der Waals surface area contributed by atoms with Gasteiger partial charge in [-0.25, -0.2) is 8.42 Å². The Balaban J connectivity index is 2.24. The Morgan fingerprint density at radius 1 is 1.43 bits per heavy atom. The first-order valence-corrected chi connectivity index (χ1v) is 7.11. The molecule has 0 heterocycles. The lowest BCUT2D eigenvalue weighted by Gasteiger charge is -2.18. The summed E-state index contributed by atoms with van der Waals surface area (Å²) in [6.45, 7) is 0.705. The highest BCUT2D eigenvalue weighted by atomic mass is 32.2. The van der Waals surface area contributed by atoms with Gasteiger partial charge in [0.05, 0.1) is 5.75 Å². The second-order valence-electron chi connectivity index (χ2n) is 4.06. The summed E-state index contributed by atoms with van der Waals surface area (Å²) >= 11 is 0. The first-order valence-electron chi connectivity index (χ1n) is 5.05. The van der Waals surface area contributed by atoms with Crippen molar-refractivity contribution in [2.75, 3.05) is 25.2 Å². The van der Waals surface area contributed by atoms with Crippen molar-refractivity contribution in [2.24, 2.45) is 5.92 Å². The zero-order chi connectivity index (χ0) is 10.6. The summed E-state index contributed by atoms with van der Waals surface area (Å²) in [6, 6.07) is 0.307. The monoisotopic (exact) mass is 221 g/mol. The highest BCUT2D eigenvalue weighted by molar-refractivity contribution is 7.90. The van der Waals surface area contributed by atoms with E-state index in [1.54, 1.807) is 0 Å². The molecule has 1 aliphatic rings. The van der Waals surface area contributed by atoms with Gasteiger partial charge in [-0.1, -0.05) is 6.42 Å². The van der Waals surface area contributed by atoms with Gasteiger partial charge in [-0.3, -0.25) is 0 Å². The summed E-state index contributed by atoms with van der Waals surface area (Å²) in [5.74, 6) is 0.497. The molecule has 4 nitrogen and oxygen atoms in total. The van der Waals surface area contributed by atoms with Crippen LogP contribution < -0.4 is 5.32 Å². The lowest BCUT2D eigenvalue weighted by atomic mass is 10.1. The minimum atomic E-state index is -2.87. The van der Waals surface area contributed by atoms with Crippen LogP contribution in [0.3, 0.4) is 0 Å². The quantitative estimate of drug-likeness (QED) is 0.673. The van der Waals surface area contributed by atoms with Crippen LogP contribution in [0.2, 0.25) is 0 Å². The van der Waals surface area contributed by atoms with Crippen molar-refractivity contribution in [3.8, 4) is 0 Å². The van der Waals surface area contributed by atoms with Crippen LogP contribution in [0.1, 0.15) is 19.3 Å². The molecule has 0 aliphatic heterocycles. The van der Waals surface area contributed by atoms with Crippen LogP contribution in [0.5, 0.6) is 0 Å². The third-order valence-corrected chi connectivity index (χ3v) is 3.72. The van der Waals surface area contributed by atoms with E-state index in [-0.39, 0.29) is 12.4 Å². The van der Waals surface area contributed by atoms with E-state index in [0.29, 0.717) is 18.5 Å². The number of aliphatic hydroxyl groups excluding tert-OH is 1. The molecule has 1 rings (SSSR count). The Bertz CT molecular complexity index is 263. The largest absolute Gasteiger partial charge is 0.396 e. The highest BCUT2D eigenvalue weighted by Crippen LogP contribution is 2.24. The van der Waals surface area contributed by atoms with Crippen molar-refractivity contribution < 1.29 is 13.5 Å². The summed E-state index contributed by atoms with van der Waals surface area (Å²) < 4.78 is 21.7. The molecule has 5 heteroatoms. The Morgan fingerprint density at radius 3 is 2.71 bits per heavy atom. The van der Waals surface area contributed by atoms with Gasteiger partial charge < -0.3 is 10.4 Å². The van der Waals surface area contributed by atoms with Crippen LogP contribution in [-0.2, 0) is 9.84 Å². The topological polar surface area (TPSA) is 66.4 Å². The summed E-state index contributed by atoms with van der Waals surface area (Å²) in [7, 11) is -2.87. The smallest absolute Gasteiger partial charge is 0.148 e. The van der Waals surface area contributed by atoms with Crippen molar-refractivity contribution in [1.29, 1.82) is 0 Å². The molecule has 0 bridgehead atoms. The molecule has 84 valence electrons. The van der Waals surface area contributed by atoms with Crippen molar-refractivity contribution >= 4 is 9.84 Å². The number of hydrogen-bond donors (Lipinski definition) is 2. The maximum atomic E-state index is 10.9. The van der Waals surface area contributed by atoms with Crippen molar-refractivity contribution in [2.45, 2.75) is 25.3 Å². The van der Waals surface area contributed by atoms with Gasteiger partial charge in [0.25, 0.3) is 0 Å². The zero-order valence-electron chi connectivity index (χ0n) is 8.57. The third-order valence-electron chi connectivity index (χ3n) is 2.77. The van der Waals surface area contributed by atoms with Crippen LogP contribution in [0.25, 0.3) is 0 Å². The summed E-state index contributed by atoms with van der Waals surface area (Å²) in [6.07, 6.45) is 4.47. The lowest BCUT2D eigenvalue weighted by molar-refractivity contribution is 0.206. The molecule has 14 heavy (non-hydrogen) atoms. The maximum Gasteiger partial charge on any atom is 0.148 e. The Labute approximate surface area is 85.6 Å². The maximum absolute atomic E-state index is 10.9. The second-order valence-corrected chi connectivity index (χ2v) is 6.32. The van der Waals surface area contributed by atoms with Gasteiger partial charge in [-0.15, -0.1) is 0 Å². The van der Waals surface area contributed by atoms with Gasteiger partial charge in [0, 0.05) is 25.4 Å². The van der Waals surface area contributed by atoms with Gasteiger partial charge in [0.1, 0.15) is 9.84 Å². The predicted octanol–water partition coefficient (Wildman–Crippen LogP) is -0.218. The molecule has 1 aliphatic carbocycles. The standard InChI is InChI=1S/C9H19NO3S/c1-14(12,13)6-5-10-9-4-2-3-8(9)7-11/h8-11H,2-7H2,1H3. The average molecular weight is 221 g/mol. The minimum absolute atomic E-state index is 0.182. The number of aliphatic hydroxyl groups is 1. The van der Waals surface area contributed by atoms with E-state index in [9.17, 15) is 8.42 Å². The SMILES string of the molecule is CS(=O)(=O)CCNC1CCCC1CO. The lowest BCUT2D eigenvalue weighted by Crippen LogP contribution is -2.36. The molecule has 0 aromatic carbocycles.